The number of nitrogens with one attached hydrogen (secondary N) is 1. The lowest BCUT2D eigenvalue weighted by atomic mass is 9.68. The number of hydrogen-bond donors (Lipinski definition) is 1. The van der Waals surface area contributed by atoms with E-state index in [-0.39, 0.29) is 5.91 Å². The van der Waals surface area contributed by atoms with Crippen molar-refractivity contribution in [1.82, 2.24) is 4.90 Å². The van der Waals surface area contributed by atoms with E-state index in [4.69, 9.17) is 4.74 Å². The Morgan fingerprint density at radius 3 is 2.61 bits per heavy atom. The van der Waals surface area contributed by atoms with E-state index in [2.05, 4.69) is 48.3 Å². The highest BCUT2D eigenvalue weighted by atomic mass is 16.5. The third-order valence-electron chi connectivity index (χ3n) is 7.45. The number of carbonyl (C=O) groups excluding carboxylic acids is 1. The molecule has 1 aliphatic carbocycles. The zero-order chi connectivity index (χ0) is 23.1. The number of nitrogens with zero attached hydrogens (tertiary/aromatic N) is 1. The Labute approximate surface area is 199 Å². The zero-order valence-electron chi connectivity index (χ0n) is 20.4. The van der Waals surface area contributed by atoms with Gasteiger partial charge in [-0.1, -0.05) is 56.0 Å². The van der Waals surface area contributed by atoms with Crippen molar-refractivity contribution in [2.24, 2.45) is 5.92 Å². The fraction of sp³-hybridized carbons (Fsp3) is 0.552. The number of likely N-dealkylation sites (tertiary alicyclic amines) is 1. The Hall–Kier alpha value is -2.33. The molecule has 2 aromatic rings. The second-order valence-electron chi connectivity index (χ2n) is 10.2. The van der Waals surface area contributed by atoms with Gasteiger partial charge in [0.2, 0.25) is 5.91 Å². The maximum Gasteiger partial charge on any atom is 0.235 e. The van der Waals surface area contributed by atoms with Crippen molar-refractivity contribution in [3.8, 4) is 5.75 Å². The van der Waals surface area contributed by atoms with Gasteiger partial charge < -0.3 is 15.0 Å². The summed E-state index contributed by atoms with van der Waals surface area (Å²) in [4.78, 5) is 16.1. The van der Waals surface area contributed by atoms with E-state index in [1.54, 1.807) is 0 Å². The molecule has 0 bridgehead atoms. The van der Waals surface area contributed by atoms with Crippen LogP contribution in [0, 0.1) is 12.8 Å². The average molecular weight is 449 g/mol. The first-order valence-corrected chi connectivity index (χ1v) is 12.9. The minimum absolute atomic E-state index is 0.122. The van der Waals surface area contributed by atoms with Crippen LogP contribution in [-0.2, 0) is 10.2 Å². The van der Waals surface area contributed by atoms with Crippen LogP contribution in [0.1, 0.15) is 69.4 Å². The second-order valence-corrected chi connectivity index (χ2v) is 10.2. The quantitative estimate of drug-likeness (QED) is 0.479. The monoisotopic (exact) mass is 448 g/mol. The van der Waals surface area contributed by atoms with Crippen LogP contribution in [0.25, 0.3) is 0 Å². The van der Waals surface area contributed by atoms with Crippen LogP contribution in [0.2, 0.25) is 0 Å². The summed E-state index contributed by atoms with van der Waals surface area (Å²) < 4.78 is 5.96. The Bertz CT molecular complexity index is 902. The standard InChI is InChI=1S/C29H40N2O2/c1-23-9-6-11-25(21-23)29(16-4-3-5-17-29)28(32)30-26-12-14-27(15-13-26)33-20-8-19-31-18-7-10-24(2)22-31/h6,9,11-15,21,24H,3-5,7-8,10,16-20,22H2,1-2H3,(H,30,32). The summed E-state index contributed by atoms with van der Waals surface area (Å²) in [6, 6.07) is 16.4. The topological polar surface area (TPSA) is 41.6 Å². The van der Waals surface area contributed by atoms with Gasteiger partial charge in [0.15, 0.2) is 0 Å². The predicted octanol–water partition coefficient (Wildman–Crippen LogP) is 6.34. The molecule has 1 heterocycles. The number of anilines is 1. The molecule has 1 unspecified atom stereocenters. The molecule has 33 heavy (non-hydrogen) atoms. The first-order valence-electron chi connectivity index (χ1n) is 12.9. The van der Waals surface area contributed by atoms with Gasteiger partial charge >= 0.3 is 0 Å². The van der Waals surface area contributed by atoms with Crippen molar-refractivity contribution in [2.45, 2.75) is 70.6 Å². The van der Waals surface area contributed by atoms with Crippen molar-refractivity contribution >= 4 is 11.6 Å². The molecule has 0 spiro atoms. The lowest BCUT2D eigenvalue weighted by Gasteiger charge is -2.36. The first-order chi connectivity index (χ1) is 16.0. The zero-order valence-corrected chi connectivity index (χ0v) is 20.4. The van der Waals surface area contributed by atoms with Crippen molar-refractivity contribution in [1.29, 1.82) is 0 Å². The highest BCUT2D eigenvalue weighted by Gasteiger charge is 2.41. The third-order valence-corrected chi connectivity index (χ3v) is 7.45. The number of aryl methyl sites for hydroxylation is 1. The number of amides is 1. The van der Waals surface area contributed by atoms with Crippen LogP contribution in [0.5, 0.6) is 5.75 Å². The summed E-state index contributed by atoms with van der Waals surface area (Å²) in [7, 11) is 0. The SMILES string of the molecule is Cc1cccc(C2(C(=O)Nc3ccc(OCCCN4CCCC(C)C4)cc3)CCCCC2)c1. The lowest BCUT2D eigenvalue weighted by molar-refractivity contribution is -0.122. The maximum absolute atomic E-state index is 13.5. The highest BCUT2D eigenvalue weighted by molar-refractivity contribution is 5.99. The molecular weight excluding hydrogens is 408 g/mol. The second kappa shape index (κ2) is 11.2. The van der Waals surface area contributed by atoms with Gasteiger partial charge in [-0.3, -0.25) is 4.79 Å². The molecule has 2 aliphatic rings. The van der Waals surface area contributed by atoms with E-state index in [0.29, 0.717) is 0 Å². The third kappa shape index (κ3) is 6.17. The van der Waals surface area contributed by atoms with Gasteiger partial charge in [0.1, 0.15) is 5.75 Å². The van der Waals surface area contributed by atoms with Gasteiger partial charge in [0.05, 0.1) is 12.0 Å². The molecule has 1 saturated heterocycles. The number of rotatable bonds is 8. The van der Waals surface area contributed by atoms with Gasteiger partial charge in [0, 0.05) is 18.8 Å². The van der Waals surface area contributed by atoms with Crippen LogP contribution in [0.4, 0.5) is 5.69 Å². The molecular formula is C29H40N2O2. The maximum atomic E-state index is 13.5. The van der Waals surface area contributed by atoms with Crippen LogP contribution in [0.3, 0.4) is 0 Å². The molecule has 1 amide bonds. The number of hydrogen-bond acceptors (Lipinski definition) is 3. The van der Waals surface area contributed by atoms with Gasteiger partial charge in [-0.15, -0.1) is 0 Å². The minimum Gasteiger partial charge on any atom is -0.494 e. The van der Waals surface area contributed by atoms with Crippen molar-refractivity contribution < 1.29 is 9.53 Å². The molecule has 2 fully saturated rings. The summed E-state index contributed by atoms with van der Waals surface area (Å²) in [6.45, 7) is 8.73. The molecule has 4 nitrogen and oxygen atoms in total. The van der Waals surface area contributed by atoms with E-state index >= 15 is 0 Å². The van der Waals surface area contributed by atoms with E-state index in [9.17, 15) is 4.79 Å². The van der Waals surface area contributed by atoms with Crippen molar-refractivity contribution in [3.63, 3.8) is 0 Å². The molecule has 4 heteroatoms. The molecule has 1 atom stereocenters. The normalized spacial score (nSPS) is 20.8. The first kappa shape index (κ1) is 23.8. The molecule has 1 saturated carbocycles. The van der Waals surface area contributed by atoms with E-state index in [1.807, 2.05) is 24.3 Å². The minimum atomic E-state index is -0.425. The number of benzene rings is 2. The van der Waals surface area contributed by atoms with Crippen LogP contribution in [0.15, 0.2) is 48.5 Å². The number of ether oxygens (including phenoxy) is 1. The Morgan fingerprint density at radius 1 is 1.09 bits per heavy atom. The molecule has 0 aromatic heterocycles. The van der Waals surface area contributed by atoms with Crippen molar-refractivity contribution in [3.05, 3.63) is 59.7 Å². The summed E-state index contributed by atoms with van der Waals surface area (Å²) in [6.07, 6.45) is 8.98. The molecule has 178 valence electrons. The predicted molar refractivity (Wildman–Crippen MR) is 136 cm³/mol. The molecule has 1 aliphatic heterocycles. The van der Waals surface area contributed by atoms with E-state index in [1.165, 1.54) is 37.9 Å². The fourth-order valence-electron chi connectivity index (χ4n) is 5.60. The van der Waals surface area contributed by atoms with Crippen LogP contribution >= 0.6 is 0 Å². The fourth-order valence-corrected chi connectivity index (χ4v) is 5.60. The summed E-state index contributed by atoms with van der Waals surface area (Å²) >= 11 is 0. The molecule has 2 aromatic carbocycles. The van der Waals surface area contributed by atoms with Gasteiger partial charge in [-0.05, 0) is 81.3 Å². The van der Waals surface area contributed by atoms with Crippen LogP contribution in [-0.4, -0.2) is 37.0 Å². The largest absolute Gasteiger partial charge is 0.494 e. The van der Waals surface area contributed by atoms with Gasteiger partial charge in [-0.2, -0.15) is 0 Å². The molecule has 1 N–H and O–H groups in total. The van der Waals surface area contributed by atoms with Gasteiger partial charge in [-0.25, -0.2) is 0 Å². The Balaban J connectivity index is 1.31. The Kier molecular flexibility index (Phi) is 8.08. The van der Waals surface area contributed by atoms with Crippen LogP contribution < -0.4 is 10.1 Å². The number of piperidine rings is 1. The number of carbonyl (C=O) groups is 1. The molecule has 4 rings (SSSR count). The summed E-state index contributed by atoms with van der Waals surface area (Å²) in [5.41, 5.74) is 2.78. The average Bonchev–Trinajstić information content (AvgIpc) is 2.83. The summed E-state index contributed by atoms with van der Waals surface area (Å²) in [5.74, 6) is 1.81. The highest BCUT2D eigenvalue weighted by Crippen LogP contribution is 2.40. The smallest absolute Gasteiger partial charge is 0.235 e. The van der Waals surface area contributed by atoms with E-state index in [0.717, 1.165) is 68.2 Å². The van der Waals surface area contributed by atoms with Crippen molar-refractivity contribution in [2.75, 3.05) is 31.6 Å². The Morgan fingerprint density at radius 2 is 1.88 bits per heavy atom. The van der Waals surface area contributed by atoms with Gasteiger partial charge in [0.25, 0.3) is 0 Å². The van der Waals surface area contributed by atoms with E-state index < -0.39 is 5.41 Å². The lowest BCUT2D eigenvalue weighted by Crippen LogP contribution is -2.42. The summed E-state index contributed by atoms with van der Waals surface area (Å²) in [5, 5.41) is 3.21. The molecule has 0 radical (unpaired) electrons.